The van der Waals surface area contributed by atoms with Gasteiger partial charge < -0.3 is 16.6 Å². The van der Waals surface area contributed by atoms with Crippen molar-refractivity contribution in [1.29, 1.82) is 0 Å². The average Bonchev–Trinajstić information content (AvgIpc) is 2.36. The molecule has 0 atom stereocenters. The van der Waals surface area contributed by atoms with Crippen molar-refractivity contribution >= 4 is 5.97 Å². The third kappa shape index (κ3) is 10.9. The van der Waals surface area contributed by atoms with E-state index in [0.717, 1.165) is 19.4 Å². The van der Waals surface area contributed by atoms with Crippen LogP contribution >= 0.6 is 0 Å². The van der Waals surface area contributed by atoms with E-state index in [4.69, 9.17) is 16.6 Å². The number of benzene rings is 1. The molecule has 0 saturated heterocycles. The summed E-state index contributed by atoms with van der Waals surface area (Å²) >= 11 is 0. The summed E-state index contributed by atoms with van der Waals surface area (Å²) in [6, 6.07) is 10.4. The summed E-state index contributed by atoms with van der Waals surface area (Å²) in [6.45, 7) is 1.25. The van der Waals surface area contributed by atoms with Crippen LogP contribution in [0.4, 0.5) is 0 Å². The van der Waals surface area contributed by atoms with E-state index in [0.29, 0.717) is 13.0 Å². The molecule has 0 fully saturated rings. The second-order valence-electron chi connectivity index (χ2n) is 3.66. The molecule has 0 aliphatic rings. The van der Waals surface area contributed by atoms with Crippen LogP contribution in [0.15, 0.2) is 30.3 Å². The standard InChI is InChI=1S/C9H13N.C4H9NO2/c10-8-4-7-9-5-2-1-3-6-9;5-3-1-2-4(6)7/h1-3,5-6H,4,7-8,10H2;1-3,5H2,(H,6,7). The Balaban J connectivity index is 0.000000325. The normalized spacial score (nSPS) is 9.29. The Kier molecular flexibility index (Phi) is 10.2. The molecule has 17 heavy (non-hydrogen) atoms. The van der Waals surface area contributed by atoms with Crippen LogP contribution in [-0.2, 0) is 11.2 Å². The molecule has 4 heteroatoms. The first-order valence-corrected chi connectivity index (χ1v) is 5.86. The maximum absolute atomic E-state index is 9.70. The van der Waals surface area contributed by atoms with Crippen LogP contribution in [0, 0.1) is 0 Å². The minimum Gasteiger partial charge on any atom is -0.481 e. The number of carboxylic acid groups (broad SMARTS) is 1. The number of carboxylic acids is 1. The Morgan fingerprint density at radius 1 is 1.06 bits per heavy atom. The predicted octanol–water partition coefficient (Wildman–Crippen LogP) is 1.39. The minimum absolute atomic E-state index is 0.191. The maximum atomic E-state index is 9.70. The zero-order valence-corrected chi connectivity index (χ0v) is 10.1. The van der Waals surface area contributed by atoms with Gasteiger partial charge in [0.15, 0.2) is 0 Å². The summed E-state index contributed by atoms with van der Waals surface area (Å²) in [6.07, 6.45) is 2.97. The van der Waals surface area contributed by atoms with Crippen LogP contribution < -0.4 is 11.5 Å². The summed E-state index contributed by atoms with van der Waals surface area (Å²) < 4.78 is 0. The zero-order valence-electron chi connectivity index (χ0n) is 10.1. The molecule has 0 bridgehead atoms. The lowest BCUT2D eigenvalue weighted by Crippen LogP contribution is -2.02. The van der Waals surface area contributed by atoms with E-state index in [-0.39, 0.29) is 6.42 Å². The Labute approximate surface area is 103 Å². The number of carbonyl (C=O) groups is 1. The lowest BCUT2D eigenvalue weighted by atomic mass is 10.1. The number of hydrogen-bond acceptors (Lipinski definition) is 3. The van der Waals surface area contributed by atoms with E-state index in [1.165, 1.54) is 5.56 Å². The summed E-state index contributed by atoms with van der Waals surface area (Å²) in [7, 11) is 0. The molecular weight excluding hydrogens is 216 g/mol. The number of aryl methyl sites for hydroxylation is 1. The van der Waals surface area contributed by atoms with Gasteiger partial charge in [-0.3, -0.25) is 4.79 Å². The van der Waals surface area contributed by atoms with Gasteiger partial charge in [-0.2, -0.15) is 0 Å². The predicted molar refractivity (Wildman–Crippen MR) is 69.7 cm³/mol. The number of rotatable bonds is 6. The van der Waals surface area contributed by atoms with Crippen LogP contribution in [0.25, 0.3) is 0 Å². The molecule has 5 N–H and O–H groups in total. The molecule has 0 aliphatic carbocycles. The van der Waals surface area contributed by atoms with Gasteiger partial charge >= 0.3 is 5.97 Å². The fraction of sp³-hybridized carbons (Fsp3) is 0.462. The Morgan fingerprint density at radius 2 is 1.65 bits per heavy atom. The number of aliphatic carboxylic acids is 1. The van der Waals surface area contributed by atoms with Gasteiger partial charge in [0.2, 0.25) is 0 Å². The summed E-state index contributed by atoms with van der Waals surface area (Å²) in [5.74, 6) is -0.773. The van der Waals surface area contributed by atoms with Gasteiger partial charge in [0.25, 0.3) is 0 Å². The van der Waals surface area contributed by atoms with Crippen LogP contribution in [0.3, 0.4) is 0 Å². The third-order valence-electron chi connectivity index (χ3n) is 2.11. The molecule has 0 radical (unpaired) electrons. The van der Waals surface area contributed by atoms with Gasteiger partial charge in [0.1, 0.15) is 0 Å². The van der Waals surface area contributed by atoms with Gasteiger partial charge in [-0.15, -0.1) is 0 Å². The molecule has 96 valence electrons. The Morgan fingerprint density at radius 3 is 2.06 bits per heavy atom. The third-order valence-corrected chi connectivity index (χ3v) is 2.11. The zero-order chi connectivity index (χ0) is 12.9. The Bertz CT molecular complexity index is 289. The molecule has 1 aromatic carbocycles. The van der Waals surface area contributed by atoms with Crippen molar-refractivity contribution in [2.45, 2.75) is 25.7 Å². The molecule has 0 heterocycles. The van der Waals surface area contributed by atoms with E-state index in [1.807, 2.05) is 6.07 Å². The van der Waals surface area contributed by atoms with Crippen molar-refractivity contribution in [2.75, 3.05) is 13.1 Å². The summed E-state index contributed by atoms with van der Waals surface area (Å²) in [5, 5.41) is 7.99. The highest BCUT2D eigenvalue weighted by Crippen LogP contribution is 2.00. The van der Waals surface area contributed by atoms with Crippen molar-refractivity contribution in [3.05, 3.63) is 35.9 Å². The maximum Gasteiger partial charge on any atom is 0.303 e. The van der Waals surface area contributed by atoms with Crippen LogP contribution in [-0.4, -0.2) is 24.2 Å². The highest BCUT2D eigenvalue weighted by Gasteiger charge is 1.91. The van der Waals surface area contributed by atoms with Gasteiger partial charge in [-0.05, 0) is 37.9 Å². The van der Waals surface area contributed by atoms with Crippen molar-refractivity contribution in [2.24, 2.45) is 11.5 Å². The van der Waals surface area contributed by atoms with E-state index in [2.05, 4.69) is 24.3 Å². The average molecular weight is 238 g/mol. The molecule has 1 rings (SSSR count). The van der Waals surface area contributed by atoms with Crippen molar-refractivity contribution < 1.29 is 9.90 Å². The lowest BCUT2D eigenvalue weighted by Gasteiger charge is -1.96. The smallest absolute Gasteiger partial charge is 0.303 e. The molecular formula is C13H22N2O2. The number of hydrogen-bond donors (Lipinski definition) is 3. The lowest BCUT2D eigenvalue weighted by molar-refractivity contribution is -0.137. The van der Waals surface area contributed by atoms with Gasteiger partial charge in [-0.1, -0.05) is 30.3 Å². The summed E-state index contributed by atoms with van der Waals surface area (Å²) in [5.41, 5.74) is 11.8. The van der Waals surface area contributed by atoms with Gasteiger partial charge in [0.05, 0.1) is 0 Å². The largest absolute Gasteiger partial charge is 0.481 e. The fourth-order valence-electron chi connectivity index (χ4n) is 1.20. The monoisotopic (exact) mass is 238 g/mol. The summed E-state index contributed by atoms with van der Waals surface area (Å²) in [4.78, 5) is 9.70. The first-order chi connectivity index (χ1) is 8.20. The van der Waals surface area contributed by atoms with Gasteiger partial charge in [-0.25, -0.2) is 0 Å². The minimum atomic E-state index is -0.773. The van der Waals surface area contributed by atoms with Crippen molar-refractivity contribution in [1.82, 2.24) is 0 Å². The highest BCUT2D eigenvalue weighted by molar-refractivity contribution is 5.66. The SMILES string of the molecule is NCCCC(=O)O.NCCCc1ccccc1. The topological polar surface area (TPSA) is 89.3 Å². The first kappa shape index (κ1) is 15.6. The van der Waals surface area contributed by atoms with Crippen LogP contribution in [0.2, 0.25) is 0 Å². The molecule has 4 nitrogen and oxygen atoms in total. The van der Waals surface area contributed by atoms with E-state index in [9.17, 15) is 4.79 Å². The van der Waals surface area contributed by atoms with E-state index >= 15 is 0 Å². The highest BCUT2D eigenvalue weighted by atomic mass is 16.4. The van der Waals surface area contributed by atoms with Crippen LogP contribution in [0.5, 0.6) is 0 Å². The fourth-order valence-corrected chi connectivity index (χ4v) is 1.20. The van der Waals surface area contributed by atoms with Gasteiger partial charge in [0, 0.05) is 6.42 Å². The molecule has 0 saturated carbocycles. The second-order valence-corrected chi connectivity index (χ2v) is 3.66. The second kappa shape index (κ2) is 11.1. The van der Waals surface area contributed by atoms with Crippen molar-refractivity contribution in [3.8, 4) is 0 Å². The van der Waals surface area contributed by atoms with E-state index in [1.54, 1.807) is 0 Å². The molecule has 1 aromatic rings. The van der Waals surface area contributed by atoms with Crippen LogP contribution in [0.1, 0.15) is 24.8 Å². The molecule has 0 amide bonds. The molecule has 0 unspecified atom stereocenters. The molecule has 0 aromatic heterocycles. The molecule has 0 aliphatic heterocycles. The quantitative estimate of drug-likeness (QED) is 0.698. The first-order valence-electron chi connectivity index (χ1n) is 5.86. The van der Waals surface area contributed by atoms with E-state index < -0.39 is 5.97 Å². The van der Waals surface area contributed by atoms with Crippen molar-refractivity contribution in [3.63, 3.8) is 0 Å². The molecule has 0 spiro atoms. The Hall–Kier alpha value is -1.39. The number of nitrogens with two attached hydrogens (primary N) is 2.